The van der Waals surface area contributed by atoms with Gasteiger partial charge in [-0.2, -0.15) is 0 Å². The molecule has 2 aromatic rings. The minimum atomic E-state index is -2.15. The van der Waals surface area contributed by atoms with Gasteiger partial charge in [0, 0.05) is 76.2 Å². The maximum Gasteiger partial charge on any atom is 0.308 e. The molecule has 0 amide bonds. The molecule has 75 heavy (non-hydrogen) atoms. The molecule has 0 aliphatic carbocycles. The van der Waals surface area contributed by atoms with Gasteiger partial charge in [-0.25, -0.2) is 0 Å². The summed E-state index contributed by atoms with van der Waals surface area (Å²) >= 11 is 0. The number of esters is 11. The van der Waals surface area contributed by atoms with Crippen LogP contribution < -0.4 is 18.9 Å². The van der Waals surface area contributed by atoms with Crippen LogP contribution in [0, 0.1) is 0 Å². The zero-order valence-electron chi connectivity index (χ0n) is 42.4. The Bertz CT molecular complexity index is 2620. The summed E-state index contributed by atoms with van der Waals surface area (Å²) in [4.78, 5) is 157. The van der Waals surface area contributed by atoms with Crippen LogP contribution in [0.2, 0.25) is 0 Å². The zero-order chi connectivity index (χ0) is 55.7. The third-order valence-corrected chi connectivity index (χ3v) is 10.9. The molecule has 3 aliphatic heterocycles. The van der Waals surface area contributed by atoms with E-state index in [1.165, 1.54) is 31.2 Å². The van der Waals surface area contributed by atoms with E-state index in [0.717, 1.165) is 69.2 Å². The molecule has 0 saturated carbocycles. The van der Waals surface area contributed by atoms with Gasteiger partial charge in [0.05, 0.1) is 17.5 Å². The van der Waals surface area contributed by atoms with Crippen LogP contribution >= 0.6 is 0 Å². The van der Waals surface area contributed by atoms with Gasteiger partial charge in [0.1, 0.15) is 66.5 Å². The fourth-order valence-electron chi connectivity index (χ4n) is 8.60. The number of carbonyl (C=O) groups is 12. The van der Waals surface area contributed by atoms with Crippen LogP contribution in [0.4, 0.5) is 0 Å². The van der Waals surface area contributed by atoms with E-state index in [1.54, 1.807) is 0 Å². The van der Waals surface area contributed by atoms with Crippen molar-refractivity contribution in [1.29, 1.82) is 0 Å². The van der Waals surface area contributed by atoms with E-state index in [1.807, 2.05) is 0 Å². The van der Waals surface area contributed by atoms with Crippen molar-refractivity contribution in [2.45, 2.75) is 150 Å². The Balaban J connectivity index is 2.05. The van der Waals surface area contributed by atoms with E-state index < -0.39 is 192 Å². The van der Waals surface area contributed by atoms with Gasteiger partial charge in [0.25, 0.3) is 0 Å². The van der Waals surface area contributed by atoms with E-state index in [9.17, 15) is 52.7 Å². The summed E-state index contributed by atoms with van der Waals surface area (Å²) in [6.07, 6.45) is -21.2. The lowest BCUT2D eigenvalue weighted by atomic mass is 9.81. The van der Waals surface area contributed by atoms with E-state index in [0.29, 0.717) is 0 Å². The third-order valence-electron chi connectivity index (χ3n) is 10.9. The molecule has 26 nitrogen and oxygen atoms in total. The summed E-state index contributed by atoms with van der Waals surface area (Å²) < 4.78 is 81.5. The average Bonchev–Trinajstić information content (AvgIpc) is 3.27. The van der Waals surface area contributed by atoms with Crippen molar-refractivity contribution in [2.24, 2.45) is 0 Å². The predicted octanol–water partition coefficient (Wildman–Crippen LogP) is 2.77. The summed E-state index contributed by atoms with van der Waals surface area (Å²) in [7, 11) is 0. The van der Waals surface area contributed by atoms with Gasteiger partial charge in [-0.15, -0.1) is 0 Å². The first-order valence-electron chi connectivity index (χ1n) is 22.9. The molecule has 3 aliphatic rings. The van der Waals surface area contributed by atoms with Crippen LogP contribution in [-0.4, -0.2) is 133 Å². The molecule has 26 heteroatoms. The van der Waals surface area contributed by atoms with E-state index in [4.69, 9.17) is 66.3 Å². The zero-order valence-corrected chi connectivity index (χ0v) is 42.4. The molecule has 0 bridgehead atoms. The standard InChI is InChI=1S/C49H54O26/c1-19(50)62-17-34-39(65-22(4)53)46(69-26(8)57)48(71-28(10)59)44(74-34)37-41(67-24(6)55)36-32(61)16-33(30-12-14-31(15-13-30)64-21(3)52)73-42(36)38(43(37)68-25(7)56)45-49(72-29(11)60)47(70-27(9)58)40(66-23(5)54)35(75-45)18-63-20(2)51/h12-15,33-35,39-40,44-49H,16-18H2,1-11H3/t33-,34-,35-,39-,40-,44+,45+,46+,47+,48+,49+/m1/s1. The average molecular weight is 1060 g/mol. The lowest BCUT2D eigenvalue weighted by molar-refractivity contribution is -0.256. The van der Waals surface area contributed by atoms with Crippen molar-refractivity contribution >= 4 is 71.4 Å². The fourth-order valence-corrected chi connectivity index (χ4v) is 8.60. The number of fused-ring (bicyclic) bond motifs is 1. The maximum absolute atomic E-state index is 15.2. The van der Waals surface area contributed by atoms with Crippen LogP contribution in [0.3, 0.4) is 0 Å². The number of hydrogen-bond donors (Lipinski definition) is 0. The molecule has 2 saturated heterocycles. The Morgan fingerprint density at radius 1 is 0.440 bits per heavy atom. The van der Waals surface area contributed by atoms with Gasteiger partial charge < -0.3 is 66.3 Å². The summed E-state index contributed by atoms with van der Waals surface area (Å²) in [5.41, 5.74) is -1.78. The SMILES string of the molecule is CC(=O)OC[C@H]1O[C@@H](c2c(OC(C)=O)c3c(c([C@@H]4O[C@H](COC(C)=O)[C@@H](OC(C)=O)[C@H](OC(C)=O)[C@H]4OC(C)=O)c2OC(C)=O)O[C@@H](c2ccc(OC(C)=O)cc2)CC3=O)[C@H](OC(C)=O)[C@@H](OC(C)=O)[C@@H]1OC(C)=O. The number of Topliss-reactive ketones (excluding diaryl/α,β-unsaturated/α-hetero) is 1. The second-order valence-corrected chi connectivity index (χ2v) is 17.0. The molecule has 2 aromatic carbocycles. The van der Waals surface area contributed by atoms with Crippen molar-refractivity contribution in [2.75, 3.05) is 13.2 Å². The predicted molar refractivity (Wildman–Crippen MR) is 241 cm³/mol. The Labute approximate surface area is 427 Å². The van der Waals surface area contributed by atoms with Crippen LogP contribution in [0.25, 0.3) is 0 Å². The summed E-state index contributed by atoms with van der Waals surface area (Å²) in [6, 6.07) is 5.62. The third kappa shape index (κ3) is 14.6. The second-order valence-electron chi connectivity index (χ2n) is 17.0. The topological polar surface area (TPSA) is 334 Å². The first-order valence-corrected chi connectivity index (χ1v) is 22.9. The molecule has 11 atom stereocenters. The first-order chi connectivity index (χ1) is 35.2. The minimum absolute atomic E-state index is 0.0933. The summed E-state index contributed by atoms with van der Waals surface area (Å²) in [5.74, 6) is -14.3. The minimum Gasteiger partial charge on any atom is -0.484 e. The van der Waals surface area contributed by atoms with Gasteiger partial charge in [0.15, 0.2) is 48.2 Å². The van der Waals surface area contributed by atoms with Gasteiger partial charge >= 0.3 is 65.7 Å². The Morgan fingerprint density at radius 3 is 1.20 bits per heavy atom. The molecule has 3 heterocycles. The number of rotatable bonds is 16. The van der Waals surface area contributed by atoms with Crippen LogP contribution in [-0.2, 0) is 100 Å². The summed E-state index contributed by atoms with van der Waals surface area (Å²) in [6.45, 7) is 9.06. The first kappa shape index (κ1) is 57.9. The number of carbonyl (C=O) groups excluding carboxylic acids is 12. The van der Waals surface area contributed by atoms with Crippen LogP contribution in [0.1, 0.15) is 128 Å². The molecule has 406 valence electrons. The van der Waals surface area contributed by atoms with Gasteiger partial charge in [-0.05, 0) is 17.7 Å². The fraction of sp³-hybridized carbons (Fsp3) is 0.510. The molecule has 0 spiro atoms. The van der Waals surface area contributed by atoms with E-state index in [2.05, 4.69) is 0 Å². The highest BCUT2D eigenvalue weighted by atomic mass is 16.7. The highest BCUT2D eigenvalue weighted by Gasteiger charge is 2.59. The Kier molecular flexibility index (Phi) is 19.2. The molecule has 0 N–H and O–H groups in total. The van der Waals surface area contributed by atoms with Crippen molar-refractivity contribution in [3.05, 3.63) is 46.5 Å². The van der Waals surface area contributed by atoms with Crippen molar-refractivity contribution < 1.29 is 124 Å². The molecular formula is C49H54O26. The summed E-state index contributed by atoms with van der Waals surface area (Å²) in [5, 5.41) is 0. The van der Waals surface area contributed by atoms with Gasteiger partial charge in [-0.3, -0.25) is 57.5 Å². The largest absolute Gasteiger partial charge is 0.484 e. The van der Waals surface area contributed by atoms with Crippen molar-refractivity contribution in [3.8, 4) is 23.0 Å². The molecule has 2 fully saturated rings. The highest BCUT2D eigenvalue weighted by Crippen LogP contribution is 2.58. The highest BCUT2D eigenvalue weighted by molar-refractivity contribution is 6.05. The number of benzene rings is 2. The number of ether oxygens (including phenoxy) is 14. The van der Waals surface area contributed by atoms with Crippen LogP contribution in [0.5, 0.6) is 23.0 Å². The molecule has 0 radical (unpaired) electrons. The number of hydrogen-bond acceptors (Lipinski definition) is 26. The maximum atomic E-state index is 15.2. The molecule has 0 unspecified atom stereocenters. The molecule has 5 rings (SSSR count). The lowest BCUT2D eigenvalue weighted by Crippen LogP contribution is -2.60. The molecular weight excluding hydrogens is 1000 g/mol. The Morgan fingerprint density at radius 2 is 0.813 bits per heavy atom. The van der Waals surface area contributed by atoms with E-state index >= 15 is 4.79 Å². The van der Waals surface area contributed by atoms with Crippen molar-refractivity contribution in [3.63, 3.8) is 0 Å². The molecule has 0 aromatic heterocycles. The van der Waals surface area contributed by atoms with Gasteiger partial charge in [-0.1, -0.05) is 12.1 Å². The van der Waals surface area contributed by atoms with Gasteiger partial charge in [0.2, 0.25) is 0 Å². The second kappa shape index (κ2) is 24.8. The lowest BCUT2D eigenvalue weighted by Gasteiger charge is -2.47. The quantitative estimate of drug-likeness (QED) is 0.132. The normalized spacial score (nSPS) is 24.7. The number of ketones is 1. The van der Waals surface area contributed by atoms with E-state index in [-0.39, 0.29) is 11.3 Å². The smallest absolute Gasteiger partial charge is 0.308 e. The van der Waals surface area contributed by atoms with Crippen LogP contribution in [0.15, 0.2) is 24.3 Å². The monoisotopic (exact) mass is 1060 g/mol. The van der Waals surface area contributed by atoms with Crippen molar-refractivity contribution in [1.82, 2.24) is 0 Å². The Hall–Kier alpha value is -8.00.